The maximum absolute atomic E-state index is 11.8. The first kappa shape index (κ1) is 18.1. The summed E-state index contributed by atoms with van der Waals surface area (Å²) in [5.74, 6) is 0.209. The molecule has 0 aromatic rings. The van der Waals surface area contributed by atoms with Gasteiger partial charge in [0.15, 0.2) is 18.2 Å². The summed E-state index contributed by atoms with van der Waals surface area (Å²) in [5.41, 5.74) is 0. The third kappa shape index (κ3) is 5.01. The van der Waals surface area contributed by atoms with Crippen LogP contribution in [0.3, 0.4) is 0 Å². The molecule has 18 heavy (non-hydrogen) atoms. The van der Waals surface area contributed by atoms with E-state index in [0.29, 0.717) is 6.42 Å². The number of hydrogen-bond acceptors (Lipinski definition) is 3. The molecule has 110 valence electrons. The van der Waals surface area contributed by atoms with Gasteiger partial charge in [0.2, 0.25) is 0 Å². The lowest BCUT2D eigenvalue weighted by Gasteiger charge is -2.38. The molecular formula is C13H30O3SSi. The van der Waals surface area contributed by atoms with E-state index in [1.807, 2.05) is 6.92 Å². The molecule has 0 aromatic carbocycles. The predicted molar refractivity (Wildman–Crippen MR) is 81.3 cm³/mol. The van der Waals surface area contributed by atoms with Crippen molar-refractivity contribution in [3.8, 4) is 0 Å². The molecule has 0 radical (unpaired) electrons. The molecule has 0 rings (SSSR count). The fourth-order valence-corrected chi connectivity index (χ4v) is 4.22. The molecule has 2 atom stereocenters. The first-order chi connectivity index (χ1) is 7.83. The summed E-state index contributed by atoms with van der Waals surface area (Å²) in [6, 6.07) is 0. The summed E-state index contributed by atoms with van der Waals surface area (Å²) >= 11 is 0. The summed E-state index contributed by atoms with van der Waals surface area (Å²) in [7, 11) is -4.75. The first-order valence-electron chi connectivity index (χ1n) is 6.73. The normalized spacial score (nSPS) is 17.6. The van der Waals surface area contributed by atoms with Gasteiger partial charge in [0.05, 0.1) is 5.25 Å². The van der Waals surface area contributed by atoms with Crippen LogP contribution in [0.2, 0.25) is 18.1 Å². The van der Waals surface area contributed by atoms with Crippen LogP contribution in [0.15, 0.2) is 0 Å². The van der Waals surface area contributed by atoms with E-state index >= 15 is 0 Å². The van der Waals surface area contributed by atoms with E-state index in [2.05, 4.69) is 33.9 Å². The highest BCUT2D eigenvalue weighted by atomic mass is 32.2. The van der Waals surface area contributed by atoms with Crippen molar-refractivity contribution in [2.75, 3.05) is 5.75 Å². The maximum atomic E-state index is 11.8. The lowest BCUT2D eigenvalue weighted by Crippen LogP contribution is -2.44. The van der Waals surface area contributed by atoms with E-state index in [-0.39, 0.29) is 22.1 Å². The number of hydrogen-bond donors (Lipinski definition) is 0. The Kier molecular flexibility index (Phi) is 6.10. The molecule has 0 fully saturated rings. The third-order valence-electron chi connectivity index (χ3n) is 3.98. The summed E-state index contributed by atoms with van der Waals surface area (Å²) < 4.78 is 29.7. The smallest absolute Gasteiger partial charge is 0.192 e. The molecular weight excluding hydrogens is 264 g/mol. The molecule has 0 amide bonds. The highest BCUT2D eigenvalue weighted by Gasteiger charge is 2.38. The maximum Gasteiger partial charge on any atom is 0.192 e. The van der Waals surface area contributed by atoms with Crippen molar-refractivity contribution in [2.24, 2.45) is 0 Å². The van der Waals surface area contributed by atoms with Gasteiger partial charge in [-0.05, 0) is 38.4 Å². The largest absolute Gasteiger partial charge is 0.414 e. The molecule has 0 spiro atoms. The van der Waals surface area contributed by atoms with Crippen LogP contribution in [0.4, 0.5) is 0 Å². The Hall–Kier alpha value is 0.127. The highest BCUT2D eigenvalue weighted by molar-refractivity contribution is 7.91. The zero-order chi connectivity index (χ0) is 14.8. The van der Waals surface area contributed by atoms with Gasteiger partial charge < -0.3 is 4.43 Å². The first-order valence-corrected chi connectivity index (χ1v) is 11.3. The monoisotopic (exact) mass is 294 g/mol. The van der Waals surface area contributed by atoms with Crippen LogP contribution in [0, 0.1) is 0 Å². The zero-order valence-electron chi connectivity index (χ0n) is 13.2. The molecule has 0 aromatic heterocycles. The van der Waals surface area contributed by atoms with Crippen molar-refractivity contribution in [1.29, 1.82) is 0 Å². The van der Waals surface area contributed by atoms with Gasteiger partial charge in [-0.15, -0.1) is 0 Å². The minimum Gasteiger partial charge on any atom is -0.414 e. The quantitative estimate of drug-likeness (QED) is 0.703. The molecule has 0 heterocycles. The molecule has 0 aliphatic heterocycles. The van der Waals surface area contributed by atoms with Crippen LogP contribution in [0.5, 0.6) is 0 Å². The standard InChI is InChI=1S/C13H30O3SSi/c1-9-17(14,15)12(3)10-11(2)16-18(7,8)13(4,5)6/h11-12H,9-10H2,1-8H3/t11-,12-/m1/s1. The van der Waals surface area contributed by atoms with Gasteiger partial charge >= 0.3 is 0 Å². The van der Waals surface area contributed by atoms with E-state index in [0.717, 1.165) is 0 Å². The van der Waals surface area contributed by atoms with Gasteiger partial charge in [-0.2, -0.15) is 0 Å². The fraction of sp³-hybridized carbons (Fsp3) is 1.00. The van der Waals surface area contributed by atoms with E-state index in [4.69, 9.17) is 4.43 Å². The summed E-state index contributed by atoms with van der Waals surface area (Å²) in [6.45, 7) is 16.4. The molecule has 3 nitrogen and oxygen atoms in total. The summed E-state index contributed by atoms with van der Waals surface area (Å²) in [6.07, 6.45) is 0.588. The lowest BCUT2D eigenvalue weighted by atomic mass is 10.2. The van der Waals surface area contributed by atoms with Gasteiger partial charge in [-0.1, -0.05) is 27.7 Å². The van der Waals surface area contributed by atoms with Gasteiger partial charge in [-0.3, -0.25) is 0 Å². The molecule has 0 bridgehead atoms. The average Bonchev–Trinajstić information content (AvgIpc) is 2.14. The van der Waals surface area contributed by atoms with Crippen LogP contribution >= 0.6 is 0 Å². The predicted octanol–water partition coefficient (Wildman–Crippen LogP) is 3.61. The van der Waals surface area contributed by atoms with Crippen molar-refractivity contribution in [2.45, 2.75) is 77.4 Å². The van der Waals surface area contributed by atoms with E-state index in [1.54, 1.807) is 13.8 Å². The Morgan fingerprint density at radius 3 is 1.94 bits per heavy atom. The van der Waals surface area contributed by atoms with Gasteiger partial charge in [0.25, 0.3) is 0 Å². The molecule has 0 unspecified atom stereocenters. The Labute approximate surface area is 114 Å². The van der Waals surface area contributed by atoms with Crippen LogP contribution in [0.25, 0.3) is 0 Å². The minimum atomic E-state index is -2.95. The number of sulfone groups is 1. The summed E-state index contributed by atoms with van der Waals surface area (Å²) in [5, 5.41) is -0.157. The Morgan fingerprint density at radius 1 is 1.17 bits per heavy atom. The lowest BCUT2D eigenvalue weighted by molar-refractivity contribution is 0.189. The second-order valence-corrected chi connectivity index (χ2v) is 14.2. The number of rotatable bonds is 6. The second-order valence-electron chi connectivity index (χ2n) is 6.69. The fourth-order valence-electron chi connectivity index (χ4n) is 1.63. The van der Waals surface area contributed by atoms with Gasteiger partial charge in [0, 0.05) is 11.9 Å². The van der Waals surface area contributed by atoms with Crippen molar-refractivity contribution in [1.82, 2.24) is 0 Å². The van der Waals surface area contributed by atoms with E-state index in [1.165, 1.54) is 0 Å². The molecule has 0 aliphatic rings. The Balaban J connectivity index is 4.59. The van der Waals surface area contributed by atoms with E-state index in [9.17, 15) is 8.42 Å². The van der Waals surface area contributed by atoms with Crippen molar-refractivity contribution in [3.05, 3.63) is 0 Å². The van der Waals surface area contributed by atoms with Crippen molar-refractivity contribution >= 4 is 18.2 Å². The average molecular weight is 295 g/mol. The minimum absolute atomic E-state index is 0.00205. The molecule has 0 aliphatic carbocycles. The zero-order valence-corrected chi connectivity index (χ0v) is 15.0. The second kappa shape index (κ2) is 6.05. The van der Waals surface area contributed by atoms with Crippen LogP contribution in [-0.4, -0.2) is 33.8 Å². The van der Waals surface area contributed by atoms with Crippen LogP contribution in [0.1, 0.15) is 48.0 Å². The van der Waals surface area contributed by atoms with Crippen molar-refractivity contribution in [3.63, 3.8) is 0 Å². The van der Waals surface area contributed by atoms with Crippen LogP contribution in [-0.2, 0) is 14.3 Å². The topological polar surface area (TPSA) is 43.4 Å². The molecule has 0 saturated heterocycles. The van der Waals surface area contributed by atoms with Gasteiger partial charge in [-0.25, -0.2) is 8.42 Å². The molecule has 0 saturated carbocycles. The van der Waals surface area contributed by atoms with E-state index < -0.39 is 18.2 Å². The van der Waals surface area contributed by atoms with Crippen molar-refractivity contribution < 1.29 is 12.8 Å². The molecule has 5 heteroatoms. The Morgan fingerprint density at radius 2 is 1.61 bits per heavy atom. The highest BCUT2D eigenvalue weighted by Crippen LogP contribution is 2.37. The summed E-state index contributed by atoms with van der Waals surface area (Å²) in [4.78, 5) is 0. The SMILES string of the molecule is CCS(=O)(=O)[C@H](C)C[C@@H](C)O[Si](C)(C)C(C)(C)C. The third-order valence-corrected chi connectivity index (χ3v) is 10.8. The Bertz CT molecular complexity index is 355. The molecule has 0 N–H and O–H groups in total. The van der Waals surface area contributed by atoms with Crippen LogP contribution < -0.4 is 0 Å². The van der Waals surface area contributed by atoms with Gasteiger partial charge in [0.1, 0.15) is 0 Å².